The number of morpholine rings is 1. The highest BCUT2D eigenvalue weighted by molar-refractivity contribution is 5.96. The average molecular weight is 272 g/mol. The fourth-order valence-electron chi connectivity index (χ4n) is 1.79. The minimum atomic E-state index is -1.40. The van der Waals surface area contributed by atoms with Crippen LogP contribution in [-0.4, -0.2) is 52.7 Å². The van der Waals surface area contributed by atoms with E-state index in [1.54, 1.807) is 0 Å². The van der Waals surface area contributed by atoms with Crippen LogP contribution in [0.1, 0.15) is 10.4 Å². The Morgan fingerprint density at radius 1 is 1.47 bits per heavy atom. The van der Waals surface area contributed by atoms with Crippen molar-refractivity contribution in [3.05, 3.63) is 29.6 Å². The number of carboxylic acid groups (broad SMARTS) is 1. The van der Waals surface area contributed by atoms with Crippen LogP contribution >= 0.6 is 0 Å². The lowest BCUT2D eigenvalue weighted by Crippen LogP contribution is -2.52. The molecule has 1 N–H and O–H groups in total. The zero-order valence-corrected chi connectivity index (χ0v) is 9.68. The van der Waals surface area contributed by atoms with Crippen molar-refractivity contribution in [2.75, 3.05) is 19.8 Å². The van der Waals surface area contributed by atoms with Crippen LogP contribution in [0.4, 0.5) is 8.78 Å². The Hall–Kier alpha value is -2.09. The van der Waals surface area contributed by atoms with E-state index < -0.39 is 35.2 Å². The van der Waals surface area contributed by atoms with Gasteiger partial charge in [0.2, 0.25) is 5.95 Å². The smallest absolute Gasteiger partial charge is 0.328 e. The Bertz CT molecular complexity index is 523. The van der Waals surface area contributed by atoms with Crippen molar-refractivity contribution in [3.8, 4) is 0 Å². The number of carboxylic acids is 1. The van der Waals surface area contributed by atoms with Crippen molar-refractivity contribution in [2.45, 2.75) is 6.04 Å². The molecule has 2 heterocycles. The molecule has 102 valence electrons. The Morgan fingerprint density at radius 2 is 2.21 bits per heavy atom. The number of pyridine rings is 1. The predicted octanol–water partition coefficient (Wildman–Crippen LogP) is 0.285. The number of ether oxygens (including phenoxy) is 1. The number of hydrogen-bond donors (Lipinski definition) is 1. The van der Waals surface area contributed by atoms with Gasteiger partial charge in [-0.1, -0.05) is 0 Å². The summed E-state index contributed by atoms with van der Waals surface area (Å²) in [6, 6.07) is -0.202. The zero-order chi connectivity index (χ0) is 14.0. The SMILES string of the molecule is O=C(O)C1COCCN1C(=O)c1ccnc(F)c1F. The molecule has 2 rings (SSSR count). The van der Waals surface area contributed by atoms with E-state index in [0.717, 1.165) is 17.2 Å². The topological polar surface area (TPSA) is 79.7 Å². The van der Waals surface area contributed by atoms with Crippen LogP contribution in [-0.2, 0) is 9.53 Å². The minimum Gasteiger partial charge on any atom is -0.480 e. The van der Waals surface area contributed by atoms with Gasteiger partial charge in [-0.15, -0.1) is 0 Å². The third-order valence-corrected chi connectivity index (χ3v) is 2.75. The van der Waals surface area contributed by atoms with E-state index in [-0.39, 0.29) is 19.8 Å². The summed E-state index contributed by atoms with van der Waals surface area (Å²) in [5, 5.41) is 8.97. The first-order valence-corrected chi connectivity index (χ1v) is 5.44. The molecule has 0 saturated carbocycles. The van der Waals surface area contributed by atoms with Crippen molar-refractivity contribution >= 4 is 11.9 Å². The molecule has 1 aromatic heterocycles. The van der Waals surface area contributed by atoms with Crippen molar-refractivity contribution in [3.63, 3.8) is 0 Å². The van der Waals surface area contributed by atoms with Crippen LogP contribution in [0.3, 0.4) is 0 Å². The molecule has 0 spiro atoms. The number of nitrogens with zero attached hydrogens (tertiary/aromatic N) is 2. The predicted molar refractivity (Wildman–Crippen MR) is 57.4 cm³/mol. The Labute approximate surface area is 106 Å². The fourth-order valence-corrected chi connectivity index (χ4v) is 1.79. The lowest BCUT2D eigenvalue weighted by atomic mass is 10.1. The molecule has 8 heteroatoms. The summed E-state index contributed by atoms with van der Waals surface area (Å²) in [4.78, 5) is 27.1. The van der Waals surface area contributed by atoms with E-state index in [9.17, 15) is 18.4 Å². The van der Waals surface area contributed by atoms with E-state index >= 15 is 0 Å². The minimum absolute atomic E-state index is 0.000812. The Kier molecular flexibility index (Phi) is 3.70. The number of aliphatic carboxylic acids is 1. The summed E-state index contributed by atoms with van der Waals surface area (Å²) >= 11 is 0. The van der Waals surface area contributed by atoms with Gasteiger partial charge in [0.25, 0.3) is 5.91 Å². The molecule has 1 atom stereocenters. The largest absolute Gasteiger partial charge is 0.480 e. The normalized spacial score (nSPS) is 19.3. The number of halogens is 2. The molecule has 0 radical (unpaired) electrons. The first kappa shape index (κ1) is 13.3. The second-order valence-corrected chi connectivity index (χ2v) is 3.89. The average Bonchev–Trinajstić information content (AvgIpc) is 2.41. The maximum Gasteiger partial charge on any atom is 0.328 e. The van der Waals surface area contributed by atoms with Gasteiger partial charge in [0.05, 0.1) is 18.8 Å². The summed E-state index contributed by atoms with van der Waals surface area (Å²) < 4.78 is 31.4. The third kappa shape index (κ3) is 2.53. The molecule has 1 aliphatic heterocycles. The van der Waals surface area contributed by atoms with Gasteiger partial charge in [-0.3, -0.25) is 4.79 Å². The lowest BCUT2D eigenvalue weighted by molar-refractivity contribution is -0.147. The van der Waals surface area contributed by atoms with E-state index in [0.29, 0.717) is 0 Å². The molecule has 1 aliphatic rings. The molecule has 1 unspecified atom stereocenters. The summed E-state index contributed by atoms with van der Waals surface area (Å²) in [5.41, 5.74) is -0.541. The maximum absolute atomic E-state index is 13.5. The molecule has 1 amide bonds. The number of hydrogen-bond acceptors (Lipinski definition) is 4. The Morgan fingerprint density at radius 3 is 2.89 bits per heavy atom. The number of carbonyl (C=O) groups excluding carboxylic acids is 1. The second-order valence-electron chi connectivity index (χ2n) is 3.89. The molecule has 0 aliphatic carbocycles. The molecular formula is C11H10F2N2O4. The number of aromatic nitrogens is 1. The molecule has 1 fully saturated rings. The van der Waals surface area contributed by atoms with Gasteiger partial charge < -0.3 is 14.7 Å². The van der Waals surface area contributed by atoms with E-state index in [1.165, 1.54) is 0 Å². The molecule has 0 bridgehead atoms. The zero-order valence-electron chi connectivity index (χ0n) is 9.68. The summed E-state index contributed by atoms with van der Waals surface area (Å²) in [7, 11) is 0. The van der Waals surface area contributed by atoms with Gasteiger partial charge in [0.1, 0.15) is 0 Å². The van der Waals surface area contributed by atoms with E-state index in [2.05, 4.69) is 4.98 Å². The molecule has 0 aromatic carbocycles. The lowest BCUT2D eigenvalue weighted by Gasteiger charge is -2.32. The third-order valence-electron chi connectivity index (χ3n) is 2.75. The molecule has 1 saturated heterocycles. The number of rotatable bonds is 2. The first-order chi connectivity index (χ1) is 9.02. The van der Waals surface area contributed by atoms with Crippen LogP contribution in [0.5, 0.6) is 0 Å². The number of amides is 1. The van der Waals surface area contributed by atoms with Gasteiger partial charge in [-0.05, 0) is 6.07 Å². The standard InChI is InChI=1S/C11H10F2N2O4/c12-8-6(1-2-14-9(8)13)10(16)15-3-4-19-5-7(15)11(17)18/h1-2,7H,3-5H2,(H,17,18). The quantitative estimate of drug-likeness (QED) is 0.782. The van der Waals surface area contributed by atoms with Gasteiger partial charge >= 0.3 is 5.97 Å². The molecule has 6 nitrogen and oxygen atoms in total. The Balaban J connectivity index is 2.31. The highest BCUT2D eigenvalue weighted by Gasteiger charge is 2.34. The molecule has 1 aromatic rings. The van der Waals surface area contributed by atoms with Crippen LogP contribution in [0.2, 0.25) is 0 Å². The summed E-state index contributed by atoms with van der Waals surface area (Å²) in [5.74, 6) is -4.94. The number of carbonyl (C=O) groups is 2. The maximum atomic E-state index is 13.5. The van der Waals surface area contributed by atoms with Crippen LogP contribution in [0.25, 0.3) is 0 Å². The van der Waals surface area contributed by atoms with Gasteiger partial charge in [-0.2, -0.15) is 4.39 Å². The van der Waals surface area contributed by atoms with Crippen LogP contribution in [0.15, 0.2) is 12.3 Å². The van der Waals surface area contributed by atoms with Crippen molar-refractivity contribution < 1.29 is 28.2 Å². The highest BCUT2D eigenvalue weighted by Crippen LogP contribution is 2.16. The van der Waals surface area contributed by atoms with Gasteiger partial charge in [-0.25, -0.2) is 14.2 Å². The summed E-state index contributed by atoms with van der Waals surface area (Å²) in [6.07, 6.45) is 0.946. The van der Waals surface area contributed by atoms with E-state index in [1.807, 2.05) is 0 Å². The monoisotopic (exact) mass is 272 g/mol. The molecular weight excluding hydrogens is 262 g/mol. The van der Waals surface area contributed by atoms with Crippen LogP contribution in [0, 0.1) is 11.8 Å². The summed E-state index contributed by atoms with van der Waals surface area (Å²) in [6.45, 7) is -0.0415. The van der Waals surface area contributed by atoms with E-state index in [4.69, 9.17) is 9.84 Å². The second kappa shape index (κ2) is 5.27. The van der Waals surface area contributed by atoms with Crippen molar-refractivity contribution in [1.29, 1.82) is 0 Å². The van der Waals surface area contributed by atoms with Crippen LogP contribution < -0.4 is 0 Å². The van der Waals surface area contributed by atoms with Crippen molar-refractivity contribution in [1.82, 2.24) is 9.88 Å². The molecule has 19 heavy (non-hydrogen) atoms. The highest BCUT2D eigenvalue weighted by atomic mass is 19.2. The van der Waals surface area contributed by atoms with Crippen molar-refractivity contribution in [2.24, 2.45) is 0 Å². The van der Waals surface area contributed by atoms with Gasteiger partial charge in [0, 0.05) is 12.7 Å². The fraction of sp³-hybridized carbons (Fsp3) is 0.364. The first-order valence-electron chi connectivity index (χ1n) is 5.44. The van der Waals surface area contributed by atoms with Gasteiger partial charge in [0.15, 0.2) is 11.9 Å².